The molecule has 0 saturated heterocycles. The van der Waals surface area contributed by atoms with E-state index >= 15 is 0 Å². The molecular weight excluding hydrogens is 985 g/mol. The van der Waals surface area contributed by atoms with Crippen LogP contribution in [0.5, 0.6) is 17.2 Å². The minimum atomic E-state index is -4.01. The van der Waals surface area contributed by atoms with Crippen molar-refractivity contribution in [3.05, 3.63) is 136 Å². The average molecular weight is 1050 g/mol. The van der Waals surface area contributed by atoms with E-state index in [9.17, 15) is 27.6 Å². The molecule has 9 rings (SSSR count). The number of aryl methyl sites for hydroxylation is 2. The van der Waals surface area contributed by atoms with Crippen LogP contribution in [-0.4, -0.2) is 80.2 Å². The minimum Gasteiger partial charge on any atom is -0.493 e. The summed E-state index contributed by atoms with van der Waals surface area (Å²) >= 11 is 0. The molecule has 5 aromatic carbocycles. The van der Waals surface area contributed by atoms with Gasteiger partial charge in [0, 0.05) is 70.7 Å². The number of rotatable bonds is 20. The van der Waals surface area contributed by atoms with Crippen LogP contribution in [0.25, 0.3) is 0 Å². The molecule has 0 bridgehead atoms. The lowest BCUT2D eigenvalue weighted by Crippen LogP contribution is -2.37. The second kappa shape index (κ2) is 22.1. The van der Waals surface area contributed by atoms with E-state index in [0.29, 0.717) is 59.0 Å². The maximum Gasteiger partial charge on any atom is 0.277 e. The Labute approximate surface area is 435 Å². The summed E-state index contributed by atoms with van der Waals surface area (Å²) in [5, 5.41) is 1.74. The smallest absolute Gasteiger partial charge is 0.277 e. The lowest BCUT2D eigenvalue weighted by molar-refractivity contribution is -0.118. The van der Waals surface area contributed by atoms with Crippen molar-refractivity contribution >= 4 is 84.2 Å². The molecule has 0 saturated carbocycles. The van der Waals surface area contributed by atoms with Gasteiger partial charge in [0.15, 0.2) is 17.3 Å². The normalized spacial score (nSPS) is 17.7. The van der Waals surface area contributed by atoms with Gasteiger partial charge < -0.3 is 24.4 Å². The number of carbonyl (C=O) groups is 4. The van der Waals surface area contributed by atoms with Crippen molar-refractivity contribution in [2.45, 2.75) is 120 Å². The predicted octanol–water partition coefficient (Wildman–Crippen LogP) is 10.6. The molecule has 4 heterocycles. The number of ketones is 1. The van der Waals surface area contributed by atoms with Crippen molar-refractivity contribution in [2.75, 3.05) is 29.3 Å². The first kappa shape index (κ1) is 51.7. The quantitative estimate of drug-likeness (QED) is 0.0579. The summed E-state index contributed by atoms with van der Waals surface area (Å²) in [6, 6.07) is 28.9. The zero-order chi connectivity index (χ0) is 51.6. The highest BCUT2D eigenvalue weighted by Crippen LogP contribution is 2.42. The first-order chi connectivity index (χ1) is 35.1. The molecule has 4 aliphatic rings. The maximum absolute atomic E-state index is 14.1. The highest BCUT2D eigenvalue weighted by Gasteiger charge is 2.39. The highest BCUT2D eigenvalue weighted by molar-refractivity contribution is 8.77. The molecule has 5 atom stereocenters. The van der Waals surface area contributed by atoms with E-state index in [-0.39, 0.29) is 78.6 Å². The molecule has 3 amide bonds. The van der Waals surface area contributed by atoms with Gasteiger partial charge >= 0.3 is 0 Å². The summed E-state index contributed by atoms with van der Waals surface area (Å²) < 4.78 is 48.5. The standard InChI is InChI=1S/C56H60N4O10S3/c1-7-49(61)53(73(65,66)68-6)21-35(4)72-71-34(3)16-19-54(62)58-41-23-36(31-69-50-29-46-45(20-33(50)2)56(64)60-43(30-57-46)26-40-13-9-11-15-48(40)60)22-37(24-41)32-70-52-27-38-17-18-42-25-39-12-8-10-14-47(39)59(42)55(63)44(38)28-51(52)67-5/h8-15,20,22-24,27-30,34-35,42-43,53H,7,16-19,21,25-26,31-32H2,1-6H3,(H,58,62)/t34?,35?,42-,43+,53?/m1/s1. The van der Waals surface area contributed by atoms with Crippen LogP contribution in [0.3, 0.4) is 0 Å². The third-order valence-electron chi connectivity index (χ3n) is 13.9. The number of fused-ring (bicyclic) bond motifs is 8. The van der Waals surface area contributed by atoms with E-state index in [1.807, 2.05) is 116 Å². The van der Waals surface area contributed by atoms with E-state index in [1.165, 1.54) is 16.4 Å². The Hall–Kier alpha value is -6.14. The first-order valence-corrected chi connectivity index (χ1v) is 28.4. The van der Waals surface area contributed by atoms with E-state index in [0.717, 1.165) is 59.1 Å². The van der Waals surface area contributed by atoms with Crippen molar-refractivity contribution in [3.8, 4) is 17.2 Å². The summed E-state index contributed by atoms with van der Waals surface area (Å²) in [5.74, 6) is 0.769. The number of aliphatic imine (C=N–C) groups is 1. The van der Waals surface area contributed by atoms with Crippen LogP contribution in [0.1, 0.15) is 107 Å². The molecule has 0 radical (unpaired) electrons. The maximum atomic E-state index is 14.1. The van der Waals surface area contributed by atoms with Gasteiger partial charge in [-0.3, -0.25) is 33.3 Å². The van der Waals surface area contributed by atoms with Crippen LogP contribution in [0, 0.1) is 6.92 Å². The van der Waals surface area contributed by atoms with Crippen LogP contribution in [0.2, 0.25) is 0 Å². The number of hydrogen-bond acceptors (Lipinski definition) is 13. The third kappa shape index (κ3) is 11.2. The van der Waals surface area contributed by atoms with Gasteiger partial charge in [-0.05, 0) is 121 Å². The fourth-order valence-corrected chi connectivity index (χ4v) is 14.0. The van der Waals surface area contributed by atoms with Crippen LogP contribution < -0.4 is 29.3 Å². The number of nitrogens with one attached hydrogen (secondary N) is 1. The Bertz CT molecular complexity index is 3110. The lowest BCUT2D eigenvalue weighted by atomic mass is 9.99. The number of para-hydroxylation sites is 2. The molecule has 0 aliphatic carbocycles. The largest absolute Gasteiger partial charge is 0.493 e. The number of methoxy groups -OCH3 is 1. The molecule has 0 spiro atoms. The van der Waals surface area contributed by atoms with Crippen LogP contribution in [-0.2, 0) is 56.4 Å². The number of carbonyl (C=O) groups excluding carboxylic acids is 4. The molecule has 17 heteroatoms. The fraction of sp³-hybridized carbons (Fsp3) is 0.375. The molecular formula is C56H60N4O10S3. The molecule has 5 aromatic rings. The molecule has 3 unspecified atom stereocenters. The number of Topliss-reactive ketones (excluding diaryl/α,β-unsaturated/α-hetero) is 1. The van der Waals surface area contributed by atoms with E-state index in [4.69, 9.17) is 23.4 Å². The zero-order valence-corrected chi connectivity index (χ0v) is 44.3. The topological polar surface area (TPSA) is 170 Å². The van der Waals surface area contributed by atoms with E-state index in [1.54, 1.807) is 30.9 Å². The van der Waals surface area contributed by atoms with Crippen molar-refractivity contribution in [1.82, 2.24) is 0 Å². The third-order valence-corrected chi connectivity index (χ3v) is 19.0. The van der Waals surface area contributed by atoms with Gasteiger partial charge in [0.2, 0.25) is 5.91 Å². The lowest BCUT2D eigenvalue weighted by Gasteiger charge is -2.23. The van der Waals surface area contributed by atoms with Gasteiger partial charge in [-0.1, -0.05) is 78.8 Å². The summed E-state index contributed by atoms with van der Waals surface area (Å²) in [6.07, 6.45) is 5.84. The van der Waals surface area contributed by atoms with Crippen LogP contribution in [0.4, 0.5) is 22.7 Å². The molecule has 14 nitrogen and oxygen atoms in total. The molecule has 1 N–H and O–H groups in total. The summed E-state index contributed by atoms with van der Waals surface area (Å²) in [5.41, 5.74) is 9.50. The average Bonchev–Trinajstić information content (AvgIpc) is 3.88. The van der Waals surface area contributed by atoms with Gasteiger partial charge in [0.25, 0.3) is 21.9 Å². The summed E-state index contributed by atoms with van der Waals surface area (Å²) in [4.78, 5) is 62.8. The SMILES string of the molecule is CCC(=O)C(CC(C)SSC(C)CCC(=O)Nc1cc(COc2cc3c(cc2C)C(=O)N2c4ccccc4C[C@H]2C=N3)cc(COc2cc3c(cc2OC)C(=O)N2c4ccccc4C[C@H]2CC3)c1)S(=O)(=O)OC. The minimum absolute atomic E-state index is 0.0384. The van der Waals surface area contributed by atoms with E-state index in [2.05, 4.69) is 11.4 Å². The van der Waals surface area contributed by atoms with Gasteiger partial charge in [-0.2, -0.15) is 8.42 Å². The Morgan fingerprint density at radius 3 is 2.14 bits per heavy atom. The number of benzene rings is 5. The first-order valence-electron chi connectivity index (χ1n) is 24.7. The highest BCUT2D eigenvalue weighted by atomic mass is 33.1. The van der Waals surface area contributed by atoms with Crippen LogP contribution in [0.15, 0.2) is 96.0 Å². The predicted molar refractivity (Wildman–Crippen MR) is 289 cm³/mol. The Morgan fingerprint density at radius 1 is 0.781 bits per heavy atom. The number of nitrogens with zero attached hydrogens (tertiary/aromatic N) is 3. The summed E-state index contributed by atoms with van der Waals surface area (Å²) in [6.45, 7) is 7.67. The van der Waals surface area contributed by atoms with Crippen molar-refractivity contribution in [2.24, 2.45) is 4.99 Å². The van der Waals surface area contributed by atoms with Gasteiger partial charge in [-0.15, -0.1) is 0 Å². The van der Waals surface area contributed by atoms with E-state index < -0.39 is 15.4 Å². The Morgan fingerprint density at radius 2 is 1.44 bits per heavy atom. The Balaban J connectivity index is 0.909. The number of ether oxygens (including phenoxy) is 3. The number of amides is 3. The van der Waals surface area contributed by atoms with Crippen LogP contribution >= 0.6 is 21.6 Å². The number of anilines is 3. The molecule has 4 aliphatic heterocycles. The summed E-state index contributed by atoms with van der Waals surface area (Å²) in [7, 11) is 1.65. The van der Waals surface area contributed by atoms with Crippen molar-refractivity contribution < 1.29 is 46.0 Å². The fourth-order valence-electron chi connectivity index (χ4n) is 10.1. The second-order valence-electron chi connectivity index (χ2n) is 19.1. The van der Waals surface area contributed by atoms with Crippen molar-refractivity contribution in [1.29, 1.82) is 0 Å². The van der Waals surface area contributed by atoms with Crippen molar-refractivity contribution in [3.63, 3.8) is 0 Å². The number of hydrogen-bond donors (Lipinski definition) is 1. The van der Waals surface area contributed by atoms with Gasteiger partial charge in [0.05, 0.1) is 31.5 Å². The Kier molecular flexibility index (Phi) is 15.7. The van der Waals surface area contributed by atoms with Gasteiger partial charge in [-0.25, -0.2) is 0 Å². The molecule has 0 fully saturated rings. The molecule has 73 heavy (non-hydrogen) atoms. The molecule has 0 aromatic heterocycles. The zero-order valence-electron chi connectivity index (χ0n) is 41.8. The molecule has 382 valence electrons. The second-order valence-corrected chi connectivity index (χ2v) is 24.1. The van der Waals surface area contributed by atoms with Gasteiger partial charge in [0.1, 0.15) is 24.2 Å². The monoisotopic (exact) mass is 1040 g/mol.